The molecule has 5 nitrogen and oxygen atoms in total. The van der Waals surface area contributed by atoms with Crippen LogP contribution in [-0.2, 0) is 17.7 Å². The van der Waals surface area contributed by atoms with Crippen molar-refractivity contribution < 1.29 is 9.47 Å². The molecule has 0 spiro atoms. The number of allylic oxidation sites excluding steroid dienone is 1. The highest BCUT2D eigenvalue weighted by molar-refractivity contribution is 5.62. The first-order chi connectivity index (χ1) is 12.8. The molecule has 128 valence electrons. The van der Waals surface area contributed by atoms with Gasteiger partial charge in [0.05, 0.1) is 30.4 Å². The number of ether oxygens (including phenoxy) is 2. The first-order valence-corrected chi connectivity index (χ1v) is 8.38. The van der Waals surface area contributed by atoms with Gasteiger partial charge in [-0.1, -0.05) is 18.2 Å². The predicted molar refractivity (Wildman–Crippen MR) is 98.6 cm³/mol. The molecule has 4 rings (SSSR count). The molecule has 2 aliphatic heterocycles. The molecule has 26 heavy (non-hydrogen) atoms. The van der Waals surface area contributed by atoms with Gasteiger partial charge in [0.1, 0.15) is 23.8 Å². The van der Waals surface area contributed by atoms with Crippen molar-refractivity contribution in [3.63, 3.8) is 0 Å². The van der Waals surface area contributed by atoms with Gasteiger partial charge in [0.25, 0.3) is 0 Å². The smallest absolute Gasteiger partial charge is 0.145 e. The Morgan fingerprint density at radius 1 is 1.12 bits per heavy atom. The quantitative estimate of drug-likeness (QED) is 0.722. The van der Waals surface area contributed by atoms with Crippen LogP contribution >= 0.6 is 0 Å². The molecule has 0 amide bonds. The minimum absolute atomic E-state index is 0.512. The molecular formula is C21H17N3O2. The Hall–Kier alpha value is -3.52. The zero-order valence-electron chi connectivity index (χ0n) is 14.1. The second kappa shape index (κ2) is 7.16. The normalized spacial score (nSPS) is 18.9. The summed E-state index contributed by atoms with van der Waals surface area (Å²) in [5.41, 5.74) is 3.62. The molecular weight excluding hydrogens is 326 g/mol. The van der Waals surface area contributed by atoms with Crippen molar-refractivity contribution in [2.75, 3.05) is 6.54 Å². The van der Waals surface area contributed by atoms with E-state index < -0.39 is 0 Å². The Labute approximate surface area is 152 Å². The summed E-state index contributed by atoms with van der Waals surface area (Å²) in [6, 6.07) is 15.7. The van der Waals surface area contributed by atoms with E-state index in [1.165, 1.54) is 0 Å². The van der Waals surface area contributed by atoms with Crippen molar-refractivity contribution in [2.45, 2.75) is 13.0 Å². The molecule has 2 aromatic rings. The monoisotopic (exact) mass is 343 g/mol. The van der Waals surface area contributed by atoms with E-state index >= 15 is 0 Å². The van der Waals surface area contributed by atoms with Gasteiger partial charge in [-0.05, 0) is 47.9 Å². The van der Waals surface area contributed by atoms with Crippen LogP contribution in [0.4, 0.5) is 0 Å². The lowest BCUT2D eigenvalue weighted by atomic mass is 10.1. The fraction of sp³-hybridized carbons (Fsp3) is 0.143. The van der Waals surface area contributed by atoms with E-state index in [2.05, 4.69) is 11.1 Å². The van der Waals surface area contributed by atoms with Crippen LogP contribution in [0.25, 0.3) is 0 Å². The van der Waals surface area contributed by atoms with Gasteiger partial charge in [-0.15, -0.1) is 0 Å². The molecule has 4 bridgehead atoms. The van der Waals surface area contributed by atoms with Gasteiger partial charge in [0, 0.05) is 6.54 Å². The van der Waals surface area contributed by atoms with Gasteiger partial charge in [-0.2, -0.15) is 5.26 Å². The van der Waals surface area contributed by atoms with E-state index in [4.69, 9.17) is 9.47 Å². The molecule has 0 atom stereocenters. The maximum absolute atomic E-state index is 9.40. The van der Waals surface area contributed by atoms with Gasteiger partial charge in [0.2, 0.25) is 0 Å². The Bertz CT molecular complexity index is 954. The van der Waals surface area contributed by atoms with Gasteiger partial charge in [-0.3, -0.25) is 4.99 Å². The summed E-state index contributed by atoms with van der Waals surface area (Å²) >= 11 is 0. The van der Waals surface area contributed by atoms with E-state index in [0.29, 0.717) is 30.2 Å². The number of fused-ring (bicyclic) bond motifs is 5. The average molecular weight is 343 g/mol. The fourth-order valence-corrected chi connectivity index (χ4v) is 2.90. The highest BCUT2D eigenvalue weighted by Crippen LogP contribution is 2.28. The summed E-state index contributed by atoms with van der Waals surface area (Å²) < 4.78 is 11.6. The lowest BCUT2D eigenvalue weighted by Gasteiger charge is -2.17. The van der Waals surface area contributed by atoms with Gasteiger partial charge in [-0.25, -0.2) is 0 Å². The van der Waals surface area contributed by atoms with Crippen LogP contribution in [0.1, 0.15) is 16.7 Å². The number of nitrogens with zero attached hydrogens (tertiary/aromatic N) is 3. The third-order valence-corrected chi connectivity index (χ3v) is 4.22. The Morgan fingerprint density at radius 2 is 2.08 bits per heavy atom. The highest BCUT2D eigenvalue weighted by Gasteiger charge is 2.15. The van der Waals surface area contributed by atoms with Crippen LogP contribution in [0, 0.1) is 11.3 Å². The minimum atomic E-state index is 0.512. The molecule has 0 aromatic heterocycles. The predicted octanol–water partition coefficient (Wildman–Crippen LogP) is 4.12. The average Bonchev–Trinajstić information content (AvgIpc) is 3.08. The van der Waals surface area contributed by atoms with Crippen LogP contribution in [0.3, 0.4) is 0 Å². The maximum atomic E-state index is 9.40. The zero-order valence-corrected chi connectivity index (χ0v) is 14.1. The molecule has 0 fully saturated rings. The van der Waals surface area contributed by atoms with Gasteiger partial charge in [0.15, 0.2) is 0 Å². The van der Waals surface area contributed by atoms with Crippen LogP contribution in [0.5, 0.6) is 11.5 Å². The second-order valence-corrected chi connectivity index (χ2v) is 6.10. The molecule has 0 aliphatic carbocycles. The molecule has 2 heterocycles. The minimum Gasteiger partial charge on any atom is -0.471 e. The third-order valence-electron chi connectivity index (χ3n) is 4.22. The maximum Gasteiger partial charge on any atom is 0.145 e. The summed E-state index contributed by atoms with van der Waals surface area (Å²) in [5.74, 6) is 1.27. The number of rotatable bonds is 0. The van der Waals surface area contributed by atoms with E-state index in [-0.39, 0.29) is 0 Å². The summed E-state index contributed by atoms with van der Waals surface area (Å²) in [5, 5.41) is 9.40. The number of nitriles is 1. The summed E-state index contributed by atoms with van der Waals surface area (Å²) in [4.78, 5) is 6.34. The number of hydrogen-bond acceptors (Lipinski definition) is 5. The Morgan fingerprint density at radius 3 is 3.00 bits per heavy atom. The molecule has 2 aliphatic rings. The largest absolute Gasteiger partial charge is 0.471 e. The van der Waals surface area contributed by atoms with Crippen molar-refractivity contribution in [1.82, 2.24) is 4.90 Å². The van der Waals surface area contributed by atoms with E-state index in [1.807, 2.05) is 47.4 Å². The van der Waals surface area contributed by atoms with Gasteiger partial charge < -0.3 is 14.4 Å². The third kappa shape index (κ3) is 3.45. The molecule has 0 saturated heterocycles. The summed E-state index contributed by atoms with van der Waals surface area (Å²) in [7, 11) is 0. The number of benzene rings is 2. The molecule has 5 heteroatoms. The van der Waals surface area contributed by atoms with Crippen LogP contribution < -0.4 is 4.74 Å². The number of hydrogen-bond donors (Lipinski definition) is 0. The second-order valence-electron chi connectivity index (χ2n) is 6.10. The molecule has 0 unspecified atom stereocenters. The first-order valence-electron chi connectivity index (χ1n) is 8.38. The molecule has 0 saturated carbocycles. The van der Waals surface area contributed by atoms with Crippen molar-refractivity contribution in [3.05, 3.63) is 83.5 Å². The summed E-state index contributed by atoms with van der Waals surface area (Å²) in [6.07, 6.45) is 7.90. The topological polar surface area (TPSA) is 57.9 Å². The Kier molecular flexibility index (Phi) is 4.40. The van der Waals surface area contributed by atoms with E-state index in [9.17, 15) is 5.26 Å². The SMILES string of the molecule is N#Cc1ccc2cc1Oc1cccc(c1)C/C=C/O/C=C1\CN=CN1C2. The van der Waals surface area contributed by atoms with E-state index in [1.54, 1.807) is 24.9 Å². The molecule has 0 N–H and O–H groups in total. The summed E-state index contributed by atoms with van der Waals surface area (Å²) in [6.45, 7) is 1.22. The van der Waals surface area contributed by atoms with Crippen molar-refractivity contribution >= 4 is 6.34 Å². The van der Waals surface area contributed by atoms with Crippen LogP contribution in [0.2, 0.25) is 0 Å². The van der Waals surface area contributed by atoms with Crippen molar-refractivity contribution in [1.29, 1.82) is 5.26 Å². The molecule has 2 aromatic carbocycles. The van der Waals surface area contributed by atoms with E-state index in [0.717, 1.165) is 23.2 Å². The van der Waals surface area contributed by atoms with Crippen LogP contribution in [-0.4, -0.2) is 17.8 Å². The van der Waals surface area contributed by atoms with Crippen molar-refractivity contribution in [3.8, 4) is 17.6 Å². The molecule has 0 radical (unpaired) electrons. The fourth-order valence-electron chi connectivity index (χ4n) is 2.90. The first kappa shape index (κ1) is 16.0. The highest BCUT2D eigenvalue weighted by atomic mass is 16.5. The van der Waals surface area contributed by atoms with Crippen LogP contribution in [0.15, 0.2) is 71.8 Å². The van der Waals surface area contributed by atoms with Crippen molar-refractivity contribution in [2.24, 2.45) is 4.99 Å². The number of aliphatic imine (C=N–C) groups is 1. The lowest BCUT2D eigenvalue weighted by molar-refractivity contribution is 0.377. The van der Waals surface area contributed by atoms with Gasteiger partial charge >= 0.3 is 0 Å². The zero-order chi connectivity index (χ0) is 17.8. The lowest BCUT2D eigenvalue weighted by Crippen LogP contribution is -2.17. The Balaban J connectivity index is 1.75. The standard InChI is InChI=1S/C21H17N3O2/c22-11-18-7-6-17-10-21(18)26-20-5-1-3-16(9-20)4-2-8-25-14-19-12-23-15-24(19)13-17/h1-3,5-10,14-15H,4,12-13H2/b8-2+,19-14+.